The largest absolute Gasteiger partial charge is 0.493 e. The molecule has 0 atom stereocenters. The molecule has 2 aliphatic carbocycles. The van der Waals surface area contributed by atoms with Gasteiger partial charge in [-0.1, -0.05) is 6.07 Å². The molecule has 4 rings (SSSR count). The van der Waals surface area contributed by atoms with Gasteiger partial charge in [0.2, 0.25) is 0 Å². The maximum atomic E-state index is 13.2. The molecule has 1 aliphatic heterocycles. The van der Waals surface area contributed by atoms with Crippen molar-refractivity contribution in [1.29, 1.82) is 0 Å². The molecule has 32 heavy (non-hydrogen) atoms. The lowest BCUT2D eigenvalue weighted by molar-refractivity contribution is -0.137. The molecule has 1 aromatic rings. The molecule has 3 aliphatic rings. The zero-order valence-electron chi connectivity index (χ0n) is 18.6. The Morgan fingerprint density at radius 1 is 1.03 bits per heavy atom. The maximum absolute atomic E-state index is 13.2. The minimum atomic E-state index is -0.891. The number of carboxylic acids is 1. The van der Waals surface area contributed by atoms with Crippen molar-refractivity contribution < 1.29 is 29.0 Å². The fourth-order valence-corrected chi connectivity index (χ4v) is 5.17. The number of carboxylic acid groups (broad SMARTS) is 1. The van der Waals surface area contributed by atoms with Gasteiger partial charge in [0.15, 0.2) is 23.1 Å². The Hall–Kier alpha value is -3.09. The van der Waals surface area contributed by atoms with Crippen molar-refractivity contribution in [1.82, 2.24) is 4.90 Å². The number of hydrogen-bond donors (Lipinski definition) is 1. The van der Waals surface area contributed by atoms with Crippen LogP contribution in [0.1, 0.15) is 63.4 Å². The SMILES string of the molecule is CCOc1cc(C2C3=C(CCCC3=O)N(CCC(=O)O)C3=C2C(=O)CCC3)ccc1OC. The van der Waals surface area contributed by atoms with E-state index in [-0.39, 0.29) is 24.5 Å². The first-order chi connectivity index (χ1) is 15.5. The highest BCUT2D eigenvalue weighted by molar-refractivity contribution is 6.06. The fourth-order valence-electron chi connectivity index (χ4n) is 5.17. The molecule has 7 heteroatoms. The van der Waals surface area contributed by atoms with Gasteiger partial charge in [0.05, 0.1) is 20.1 Å². The van der Waals surface area contributed by atoms with Crippen molar-refractivity contribution in [2.75, 3.05) is 20.3 Å². The molecule has 1 N–H and O–H groups in total. The lowest BCUT2D eigenvalue weighted by Gasteiger charge is -2.44. The smallest absolute Gasteiger partial charge is 0.305 e. The van der Waals surface area contributed by atoms with Crippen LogP contribution in [0, 0.1) is 0 Å². The summed E-state index contributed by atoms with van der Waals surface area (Å²) in [6, 6.07) is 5.59. The predicted octanol–water partition coefficient (Wildman–Crippen LogP) is 3.98. The number of carbonyl (C=O) groups excluding carboxylic acids is 2. The number of nitrogens with zero attached hydrogens (tertiary/aromatic N) is 1. The standard InChI is InChI=1S/C25H29NO6/c1-3-32-21-14-15(10-11-20(21)31-2)23-24-16(6-4-8-18(24)27)26(13-12-22(29)30)17-7-5-9-19(28)25(17)23/h10-11,14,23H,3-9,12-13H2,1-2H3,(H,29,30). The molecular formula is C25H29NO6. The Morgan fingerprint density at radius 3 is 2.19 bits per heavy atom. The summed E-state index contributed by atoms with van der Waals surface area (Å²) >= 11 is 0. The third-order valence-electron chi connectivity index (χ3n) is 6.46. The van der Waals surface area contributed by atoms with Crippen LogP contribution in [-0.4, -0.2) is 47.8 Å². The molecule has 0 aromatic heterocycles. The second-order valence-electron chi connectivity index (χ2n) is 8.35. The van der Waals surface area contributed by atoms with Gasteiger partial charge in [0, 0.05) is 47.8 Å². The van der Waals surface area contributed by atoms with E-state index in [0.29, 0.717) is 54.9 Å². The normalized spacial score (nSPS) is 19.1. The number of allylic oxidation sites excluding steroid dienone is 4. The van der Waals surface area contributed by atoms with Crippen LogP contribution < -0.4 is 9.47 Å². The first-order valence-corrected chi connectivity index (χ1v) is 11.3. The van der Waals surface area contributed by atoms with Gasteiger partial charge in [-0.2, -0.15) is 0 Å². The quantitative estimate of drug-likeness (QED) is 0.687. The second-order valence-corrected chi connectivity index (χ2v) is 8.35. The number of benzene rings is 1. The summed E-state index contributed by atoms with van der Waals surface area (Å²) in [5.74, 6) is -0.0889. The van der Waals surface area contributed by atoms with Crippen LogP contribution in [0.2, 0.25) is 0 Å². The van der Waals surface area contributed by atoms with E-state index in [4.69, 9.17) is 9.47 Å². The third kappa shape index (κ3) is 3.92. The number of methoxy groups -OCH3 is 1. The molecule has 1 aromatic carbocycles. The van der Waals surface area contributed by atoms with Crippen molar-refractivity contribution in [2.24, 2.45) is 0 Å². The van der Waals surface area contributed by atoms with Crippen LogP contribution in [0.4, 0.5) is 0 Å². The Bertz CT molecular complexity index is 977. The number of carbonyl (C=O) groups is 3. The molecule has 0 unspecified atom stereocenters. The average Bonchev–Trinajstić information content (AvgIpc) is 2.77. The minimum Gasteiger partial charge on any atom is -0.493 e. The van der Waals surface area contributed by atoms with Crippen molar-refractivity contribution in [3.05, 3.63) is 46.3 Å². The summed E-state index contributed by atoms with van der Waals surface area (Å²) in [4.78, 5) is 39.7. The van der Waals surface area contributed by atoms with Crippen molar-refractivity contribution in [2.45, 2.75) is 57.8 Å². The molecule has 170 valence electrons. The van der Waals surface area contributed by atoms with Crippen molar-refractivity contribution in [3.63, 3.8) is 0 Å². The summed E-state index contributed by atoms with van der Waals surface area (Å²) in [6.45, 7) is 2.63. The minimum absolute atomic E-state index is 0.0373. The van der Waals surface area contributed by atoms with Crippen molar-refractivity contribution in [3.8, 4) is 11.5 Å². The summed E-state index contributed by atoms with van der Waals surface area (Å²) < 4.78 is 11.2. The Kier molecular flexibility index (Phi) is 6.35. The summed E-state index contributed by atoms with van der Waals surface area (Å²) in [5.41, 5.74) is 3.88. The summed E-state index contributed by atoms with van der Waals surface area (Å²) in [6.07, 6.45) is 3.71. The molecule has 0 spiro atoms. The number of aliphatic carboxylic acids is 1. The first kappa shape index (κ1) is 22.1. The van der Waals surface area contributed by atoms with E-state index < -0.39 is 11.9 Å². The third-order valence-corrected chi connectivity index (χ3v) is 6.46. The van der Waals surface area contributed by atoms with Crippen LogP contribution >= 0.6 is 0 Å². The average molecular weight is 440 g/mol. The molecule has 0 saturated carbocycles. The van der Waals surface area contributed by atoms with E-state index in [2.05, 4.69) is 0 Å². The van der Waals surface area contributed by atoms with Gasteiger partial charge in [-0.3, -0.25) is 14.4 Å². The van der Waals surface area contributed by atoms with Gasteiger partial charge < -0.3 is 19.5 Å². The number of rotatable bonds is 7. The number of hydrogen-bond acceptors (Lipinski definition) is 6. The molecule has 1 heterocycles. The Balaban J connectivity index is 1.90. The highest BCUT2D eigenvalue weighted by atomic mass is 16.5. The molecule has 0 saturated heterocycles. The molecule has 0 amide bonds. The van der Waals surface area contributed by atoms with Gasteiger partial charge in [-0.05, 0) is 50.3 Å². The lowest BCUT2D eigenvalue weighted by Crippen LogP contribution is -2.39. The van der Waals surface area contributed by atoms with E-state index in [0.717, 1.165) is 29.8 Å². The van der Waals surface area contributed by atoms with Crippen LogP contribution in [-0.2, 0) is 14.4 Å². The van der Waals surface area contributed by atoms with Gasteiger partial charge in [0.25, 0.3) is 0 Å². The van der Waals surface area contributed by atoms with E-state index >= 15 is 0 Å². The van der Waals surface area contributed by atoms with Crippen molar-refractivity contribution >= 4 is 17.5 Å². The van der Waals surface area contributed by atoms with Gasteiger partial charge >= 0.3 is 5.97 Å². The van der Waals surface area contributed by atoms with E-state index in [1.165, 1.54) is 0 Å². The highest BCUT2D eigenvalue weighted by Crippen LogP contribution is 2.50. The second kappa shape index (κ2) is 9.18. The molecule has 0 fully saturated rings. The summed E-state index contributed by atoms with van der Waals surface area (Å²) in [5, 5.41) is 9.28. The highest BCUT2D eigenvalue weighted by Gasteiger charge is 2.43. The number of Topliss-reactive ketones (excluding diaryl/α,β-unsaturated/α-hetero) is 2. The summed E-state index contributed by atoms with van der Waals surface area (Å²) in [7, 11) is 1.58. The van der Waals surface area contributed by atoms with Crippen LogP contribution in [0.5, 0.6) is 11.5 Å². The number of ketones is 2. The van der Waals surface area contributed by atoms with E-state index in [1.54, 1.807) is 7.11 Å². The first-order valence-electron chi connectivity index (χ1n) is 11.3. The van der Waals surface area contributed by atoms with Gasteiger partial charge in [-0.15, -0.1) is 0 Å². The lowest BCUT2D eigenvalue weighted by atomic mass is 9.71. The predicted molar refractivity (Wildman–Crippen MR) is 118 cm³/mol. The molecule has 0 radical (unpaired) electrons. The zero-order chi connectivity index (χ0) is 22.8. The van der Waals surface area contributed by atoms with Gasteiger partial charge in [0.1, 0.15) is 0 Å². The van der Waals surface area contributed by atoms with Crippen LogP contribution in [0.15, 0.2) is 40.7 Å². The monoisotopic (exact) mass is 439 g/mol. The fraction of sp³-hybridized carbons (Fsp3) is 0.480. The van der Waals surface area contributed by atoms with E-state index in [9.17, 15) is 19.5 Å². The maximum Gasteiger partial charge on any atom is 0.305 e. The van der Waals surface area contributed by atoms with Crippen LogP contribution in [0.25, 0.3) is 0 Å². The molecular weight excluding hydrogens is 410 g/mol. The van der Waals surface area contributed by atoms with Crippen LogP contribution in [0.3, 0.4) is 0 Å². The van der Waals surface area contributed by atoms with Gasteiger partial charge in [-0.25, -0.2) is 0 Å². The zero-order valence-corrected chi connectivity index (χ0v) is 18.6. The Morgan fingerprint density at radius 2 is 1.66 bits per heavy atom. The number of ether oxygens (including phenoxy) is 2. The topological polar surface area (TPSA) is 93.1 Å². The van der Waals surface area contributed by atoms with E-state index in [1.807, 2.05) is 30.0 Å². The molecule has 7 nitrogen and oxygen atoms in total. The molecule has 0 bridgehead atoms. The Labute approximate surface area is 187 Å².